The zero-order valence-corrected chi connectivity index (χ0v) is 11.3. The maximum atomic E-state index is 4.50. The van der Waals surface area contributed by atoms with Crippen molar-refractivity contribution in [3.63, 3.8) is 0 Å². The van der Waals surface area contributed by atoms with Crippen LogP contribution in [-0.4, -0.2) is 31.2 Å². The molecule has 0 spiro atoms. The Kier molecular flexibility index (Phi) is 3.47. The number of hydrogen-bond acceptors (Lipinski definition) is 3. The normalized spacial score (nSPS) is 15.5. The third-order valence-corrected chi connectivity index (χ3v) is 3.57. The fourth-order valence-corrected chi connectivity index (χ4v) is 2.41. The molecule has 0 bridgehead atoms. The summed E-state index contributed by atoms with van der Waals surface area (Å²) in [6.07, 6.45) is 1.91. The van der Waals surface area contributed by atoms with Gasteiger partial charge in [0.05, 0.1) is 0 Å². The second kappa shape index (κ2) is 5.41. The van der Waals surface area contributed by atoms with E-state index in [1.165, 1.54) is 16.7 Å². The van der Waals surface area contributed by atoms with Gasteiger partial charge in [0.25, 0.3) is 0 Å². The number of anilines is 1. The van der Waals surface area contributed by atoms with E-state index in [4.69, 9.17) is 0 Å². The van der Waals surface area contributed by atoms with Crippen LogP contribution < -0.4 is 10.2 Å². The molecule has 0 aliphatic carbocycles. The first kappa shape index (κ1) is 12.2. The van der Waals surface area contributed by atoms with Gasteiger partial charge in [0, 0.05) is 32.4 Å². The van der Waals surface area contributed by atoms with Gasteiger partial charge in [-0.1, -0.05) is 29.8 Å². The highest BCUT2D eigenvalue weighted by Gasteiger charge is 2.12. The highest BCUT2D eigenvalue weighted by Crippen LogP contribution is 2.23. The Morgan fingerprint density at radius 1 is 1.00 bits per heavy atom. The van der Waals surface area contributed by atoms with Crippen LogP contribution >= 0.6 is 0 Å². The van der Waals surface area contributed by atoms with Gasteiger partial charge >= 0.3 is 0 Å². The lowest BCUT2D eigenvalue weighted by molar-refractivity contribution is 0.585. The van der Waals surface area contributed by atoms with E-state index in [-0.39, 0.29) is 0 Å². The lowest BCUT2D eigenvalue weighted by Crippen LogP contribution is -2.43. The van der Waals surface area contributed by atoms with Crippen LogP contribution in [0.25, 0.3) is 11.1 Å². The number of hydrogen-bond donors (Lipinski definition) is 1. The minimum absolute atomic E-state index is 1.03. The molecule has 1 saturated heterocycles. The molecule has 1 aliphatic heterocycles. The molecule has 0 unspecified atom stereocenters. The van der Waals surface area contributed by atoms with Crippen molar-refractivity contribution in [1.29, 1.82) is 0 Å². The number of rotatable bonds is 2. The van der Waals surface area contributed by atoms with Crippen molar-refractivity contribution in [3.8, 4) is 11.1 Å². The highest BCUT2D eigenvalue weighted by atomic mass is 15.2. The molecule has 1 aromatic heterocycles. The van der Waals surface area contributed by atoms with Crippen LogP contribution in [0.2, 0.25) is 0 Å². The monoisotopic (exact) mass is 253 g/mol. The summed E-state index contributed by atoms with van der Waals surface area (Å²) in [7, 11) is 0. The molecule has 1 aliphatic rings. The van der Waals surface area contributed by atoms with Crippen molar-refractivity contribution in [3.05, 3.63) is 48.2 Å². The number of pyridine rings is 1. The van der Waals surface area contributed by atoms with E-state index in [2.05, 4.69) is 58.5 Å². The molecule has 3 heteroatoms. The number of nitrogens with one attached hydrogen (secondary N) is 1. The van der Waals surface area contributed by atoms with Crippen LogP contribution in [0.3, 0.4) is 0 Å². The Balaban J connectivity index is 1.88. The highest BCUT2D eigenvalue weighted by molar-refractivity contribution is 5.66. The van der Waals surface area contributed by atoms with E-state index in [1.807, 2.05) is 6.20 Å². The first-order valence-corrected chi connectivity index (χ1v) is 6.82. The number of piperazine rings is 1. The lowest BCUT2D eigenvalue weighted by atomic mass is 10.1. The maximum absolute atomic E-state index is 4.50. The molecule has 3 rings (SSSR count). The molecule has 98 valence electrons. The Labute approximate surface area is 114 Å². The summed E-state index contributed by atoms with van der Waals surface area (Å²) in [5.74, 6) is 1.08. The largest absolute Gasteiger partial charge is 0.354 e. The van der Waals surface area contributed by atoms with Crippen molar-refractivity contribution in [2.45, 2.75) is 6.92 Å². The number of benzene rings is 1. The molecular formula is C16H19N3. The minimum atomic E-state index is 1.03. The predicted octanol–water partition coefficient (Wildman–Crippen LogP) is 2.47. The van der Waals surface area contributed by atoms with Gasteiger partial charge in [0.1, 0.15) is 5.82 Å². The lowest BCUT2D eigenvalue weighted by Gasteiger charge is -2.28. The molecule has 2 heterocycles. The van der Waals surface area contributed by atoms with E-state index >= 15 is 0 Å². The third kappa shape index (κ3) is 2.76. The van der Waals surface area contributed by atoms with Crippen molar-refractivity contribution >= 4 is 5.82 Å². The standard InChI is InChI=1S/C16H19N3/c1-13-2-4-14(5-3-13)15-6-7-18-16(12-15)19-10-8-17-9-11-19/h2-7,12,17H,8-11H2,1H3. The molecule has 1 N–H and O–H groups in total. The van der Waals surface area contributed by atoms with Gasteiger partial charge in [-0.3, -0.25) is 0 Å². The molecule has 3 nitrogen and oxygen atoms in total. The first-order chi connectivity index (χ1) is 9.33. The molecule has 0 radical (unpaired) electrons. The number of nitrogens with zero attached hydrogens (tertiary/aromatic N) is 2. The summed E-state index contributed by atoms with van der Waals surface area (Å²) in [4.78, 5) is 6.85. The average molecular weight is 253 g/mol. The SMILES string of the molecule is Cc1ccc(-c2ccnc(N3CCNCC3)c2)cc1. The van der Waals surface area contributed by atoms with E-state index < -0.39 is 0 Å². The fourth-order valence-electron chi connectivity index (χ4n) is 2.41. The van der Waals surface area contributed by atoms with Crippen molar-refractivity contribution in [1.82, 2.24) is 10.3 Å². The molecule has 0 saturated carbocycles. The van der Waals surface area contributed by atoms with Gasteiger partial charge in [0.2, 0.25) is 0 Å². The third-order valence-electron chi connectivity index (χ3n) is 3.57. The molecular weight excluding hydrogens is 234 g/mol. The van der Waals surface area contributed by atoms with Gasteiger partial charge in [-0.15, -0.1) is 0 Å². The van der Waals surface area contributed by atoms with E-state index in [0.717, 1.165) is 32.0 Å². The van der Waals surface area contributed by atoms with Crippen molar-refractivity contribution in [2.75, 3.05) is 31.1 Å². The fraction of sp³-hybridized carbons (Fsp3) is 0.312. The number of aromatic nitrogens is 1. The van der Waals surface area contributed by atoms with Crippen molar-refractivity contribution in [2.24, 2.45) is 0 Å². The quantitative estimate of drug-likeness (QED) is 0.891. The Morgan fingerprint density at radius 2 is 1.74 bits per heavy atom. The summed E-state index contributed by atoms with van der Waals surface area (Å²) >= 11 is 0. The molecule has 0 amide bonds. The maximum Gasteiger partial charge on any atom is 0.129 e. The van der Waals surface area contributed by atoms with Gasteiger partial charge in [-0.05, 0) is 30.2 Å². The van der Waals surface area contributed by atoms with Gasteiger partial charge < -0.3 is 10.2 Å². The summed E-state index contributed by atoms with van der Waals surface area (Å²) in [6.45, 7) is 6.25. The van der Waals surface area contributed by atoms with Crippen molar-refractivity contribution < 1.29 is 0 Å². The first-order valence-electron chi connectivity index (χ1n) is 6.82. The second-order valence-corrected chi connectivity index (χ2v) is 5.01. The topological polar surface area (TPSA) is 28.2 Å². The van der Waals surface area contributed by atoms with Gasteiger partial charge in [-0.25, -0.2) is 4.98 Å². The minimum Gasteiger partial charge on any atom is -0.354 e. The molecule has 1 fully saturated rings. The molecule has 19 heavy (non-hydrogen) atoms. The number of aryl methyl sites for hydroxylation is 1. The van der Waals surface area contributed by atoms with Crippen LogP contribution in [0, 0.1) is 6.92 Å². The average Bonchev–Trinajstić information content (AvgIpc) is 2.49. The summed E-state index contributed by atoms with van der Waals surface area (Å²) in [6, 6.07) is 12.9. The van der Waals surface area contributed by atoms with Crippen LogP contribution in [0.1, 0.15) is 5.56 Å². The second-order valence-electron chi connectivity index (χ2n) is 5.01. The van der Waals surface area contributed by atoms with E-state index in [0.29, 0.717) is 0 Å². The predicted molar refractivity (Wildman–Crippen MR) is 79.5 cm³/mol. The molecule has 1 aromatic carbocycles. The zero-order valence-electron chi connectivity index (χ0n) is 11.3. The zero-order chi connectivity index (χ0) is 13.1. The van der Waals surface area contributed by atoms with Crippen LogP contribution in [-0.2, 0) is 0 Å². The van der Waals surface area contributed by atoms with Crippen LogP contribution in [0.5, 0.6) is 0 Å². The molecule has 0 atom stereocenters. The van der Waals surface area contributed by atoms with E-state index in [9.17, 15) is 0 Å². The van der Waals surface area contributed by atoms with Gasteiger partial charge in [-0.2, -0.15) is 0 Å². The van der Waals surface area contributed by atoms with E-state index in [1.54, 1.807) is 0 Å². The van der Waals surface area contributed by atoms with Gasteiger partial charge in [0.15, 0.2) is 0 Å². The molecule has 2 aromatic rings. The smallest absolute Gasteiger partial charge is 0.129 e. The van der Waals surface area contributed by atoms with Crippen LogP contribution in [0.15, 0.2) is 42.6 Å². The Hall–Kier alpha value is -1.87. The summed E-state index contributed by atoms with van der Waals surface area (Å²) < 4.78 is 0. The van der Waals surface area contributed by atoms with Crippen LogP contribution in [0.4, 0.5) is 5.82 Å². The summed E-state index contributed by atoms with van der Waals surface area (Å²) in [5.41, 5.74) is 3.79. The Bertz CT molecular complexity index is 542. The summed E-state index contributed by atoms with van der Waals surface area (Å²) in [5, 5.41) is 3.37. The Morgan fingerprint density at radius 3 is 2.47 bits per heavy atom.